The summed E-state index contributed by atoms with van der Waals surface area (Å²) in [5.41, 5.74) is 17.4. The lowest BCUT2D eigenvalue weighted by molar-refractivity contribution is 0.0729. The second kappa shape index (κ2) is 20.5. The molecule has 4 bridgehead atoms. The SMILES string of the molecule is Cc1cc(-c2cc(C(=O)NC3C4(C)CCC(C4)C3(C)C)nn2Cc2ccc(CBr)cc2)ccc1Cl.Cc1cc(-c2cc(C(=O)NC3C4(C)CCC(C4)C3(C)C)nn2Cc2ccc(CNCN)cc2)ccc1Cl. The molecule has 0 aliphatic heterocycles. The lowest BCUT2D eigenvalue weighted by Gasteiger charge is -2.43. The Balaban J connectivity index is 0.000000178. The summed E-state index contributed by atoms with van der Waals surface area (Å²) in [6.45, 7) is 20.2. The molecule has 6 atom stereocenters. The molecule has 10 rings (SSSR count). The monoisotopic (exact) mass is 1070 g/mol. The molecule has 4 aromatic carbocycles. The van der Waals surface area contributed by atoms with E-state index in [4.69, 9.17) is 39.1 Å². The number of benzene rings is 4. The Morgan fingerprint density at radius 3 is 1.39 bits per heavy atom. The topological polar surface area (TPSA) is 132 Å². The number of rotatable bonds is 14. The van der Waals surface area contributed by atoms with Crippen LogP contribution in [0.2, 0.25) is 10.0 Å². The molecule has 4 aliphatic rings. The van der Waals surface area contributed by atoms with Gasteiger partial charge < -0.3 is 21.7 Å². The van der Waals surface area contributed by atoms with Crippen molar-refractivity contribution in [2.75, 3.05) is 6.67 Å². The summed E-state index contributed by atoms with van der Waals surface area (Å²) in [4.78, 5) is 27.1. The zero-order chi connectivity index (χ0) is 51.3. The largest absolute Gasteiger partial charge is 0.347 e. The predicted molar refractivity (Wildman–Crippen MR) is 295 cm³/mol. The Bertz CT molecular complexity index is 2950. The maximum absolute atomic E-state index is 13.6. The normalized spacial score (nSPS) is 24.3. The van der Waals surface area contributed by atoms with Crippen LogP contribution in [0.5, 0.6) is 0 Å². The molecule has 4 saturated carbocycles. The third-order valence-corrected chi connectivity index (χ3v) is 18.9. The van der Waals surface area contributed by atoms with Gasteiger partial charge in [0.05, 0.1) is 24.5 Å². The number of nitrogens with two attached hydrogens (primary N) is 1. The van der Waals surface area contributed by atoms with Gasteiger partial charge in [0.1, 0.15) is 0 Å². The maximum atomic E-state index is 13.6. The van der Waals surface area contributed by atoms with Crippen LogP contribution in [0.4, 0.5) is 0 Å². The molecule has 10 nitrogen and oxygen atoms in total. The van der Waals surface area contributed by atoms with Crippen LogP contribution in [0, 0.1) is 47.3 Å². The first-order valence-electron chi connectivity index (χ1n) is 25.6. The van der Waals surface area contributed by atoms with E-state index in [1.165, 1.54) is 49.7 Å². The molecule has 5 N–H and O–H groups in total. The molecule has 0 saturated heterocycles. The number of hydrogen-bond donors (Lipinski definition) is 4. The first-order chi connectivity index (χ1) is 34.2. The van der Waals surface area contributed by atoms with Gasteiger partial charge in [-0.05, 0) is 156 Å². The van der Waals surface area contributed by atoms with Crippen LogP contribution in [0.3, 0.4) is 0 Å². The Morgan fingerprint density at radius 2 is 1.03 bits per heavy atom. The molecule has 0 radical (unpaired) electrons. The Hall–Kier alpha value is -4.78. The van der Waals surface area contributed by atoms with E-state index in [1.807, 2.05) is 59.6 Å². The van der Waals surface area contributed by atoms with Gasteiger partial charge in [0, 0.05) is 51.8 Å². The number of nitrogens with one attached hydrogen (secondary N) is 3. The van der Waals surface area contributed by atoms with Crippen LogP contribution in [-0.2, 0) is 25.0 Å². The summed E-state index contributed by atoms with van der Waals surface area (Å²) in [6, 6.07) is 32.9. The molecule has 6 aromatic rings. The molecule has 4 fully saturated rings. The number of halogens is 3. The summed E-state index contributed by atoms with van der Waals surface area (Å²) < 4.78 is 3.87. The average molecular weight is 1080 g/mol. The number of aryl methyl sites for hydroxylation is 2. The fourth-order valence-corrected chi connectivity index (χ4v) is 13.8. The number of carbonyl (C=O) groups excluding carboxylic acids is 2. The van der Waals surface area contributed by atoms with Crippen molar-refractivity contribution in [1.82, 2.24) is 35.5 Å². The highest BCUT2D eigenvalue weighted by Crippen LogP contribution is 2.63. The van der Waals surface area contributed by atoms with E-state index in [2.05, 4.69) is 134 Å². The summed E-state index contributed by atoms with van der Waals surface area (Å²) in [5.74, 6) is 1.15. The van der Waals surface area contributed by atoms with Crippen LogP contribution >= 0.6 is 39.1 Å². The molecular formula is C59H71BrCl2N8O2. The minimum absolute atomic E-state index is 0.0852. The van der Waals surface area contributed by atoms with Gasteiger partial charge in [-0.3, -0.25) is 19.0 Å². The van der Waals surface area contributed by atoms with Crippen LogP contribution in [0.25, 0.3) is 22.5 Å². The fraction of sp³-hybridized carbons (Fsp3) is 0.458. The first-order valence-corrected chi connectivity index (χ1v) is 27.5. The molecule has 2 aromatic heterocycles. The van der Waals surface area contributed by atoms with E-state index >= 15 is 0 Å². The second-order valence-corrected chi connectivity index (χ2v) is 24.5. The van der Waals surface area contributed by atoms with Crippen LogP contribution < -0.4 is 21.7 Å². The van der Waals surface area contributed by atoms with Crippen molar-refractivity contribution in [3.05, 3.63) is 152 Å². The van der Waals surface area contributed by atoms with Gasteiger partial charge >= 0.3 is 0 Å². The second-order valence-electron chi connectivity index (χ2n) is 23.1. The van der Waals surface area contributed by atoms with Crippen molar-refractivity contribution in [2.24, 2.45) is 39.2 Å². The van der Waals surface area contributed by atoms with E-state index < -0.39 is 0 Å². The summed E-state index contributed by atoms with van der Waals surface area (Å²) in [7, 11) is 0. The molecule has 6 unspecified atom stereocenters. The number of fused-ring (bicyclic) bond motifs is 4. The Kier molecular flexibility index (Phi) is 14.8. The smallest absolute Gasteiger partial charge is 0.272 e. The van der Waals surface area contributed by atoms with E-state index in [1.54, 1.807) is 0 Å². The van der Waals surface area contributed by atoms with Crippen molar-refractivity contribution >= 4 is 50.9 Å². The molecule has 72 heavy (non-hydrogen) atoms. The third-order valence-electron chi connectivity index (χ3n) is 17.4. The number of carbonyl (C=O) groups is 2. The zero-order valence-electron chi connectivity index (χ0n) is 43.1. The molecule has 2 heterocycles. The summed E-state index contributed by atoms with van der Waals surface area (Å²) >= 11 is 16.1. The van der Waals surface area contributed by atoms with Gasteiger partial charge in [0.15, 0.2) is 11.4 Å². The number of nitrogens with zero attached hydrogens (tertiary/aromatic N) is 4. The van der Waals surface area contributed by atoms with Crippen molar-refractivity contribution in [3.8, 4) is 22.5 Å². The summed E-state index contributed by atoms with van der Waals surface area (Å²) in [6.07, 6.45) is 7.25. The van der Waals surface area contributed by atoms with Gasteiger partial charge in [-0.2, -0.15) is 10.2 Å². The average Bonchev–Trinajstić information content (AvgIpc) is 4.21. The van der Waals surface area contributed by atoms with Crippen molar-refractivity contribution in [1.29, 1.82) is 0 Å². The quantitative estimate of drug-likeness (QED) is 0.0635. The predicted octanol–water partition coefficient (Wildman–Crippen LogP) is 12.9. The van der Waals surface area contributed by atoms with E-state index in [0.29, 0.717) is 43.0 Å². The minimum Gasteiger partial charge on any atom is -0.347 e. The fourth-order valence-electron chi connectivity index (χ4n) is 13.2. The number of aromatic nitrogens is 4. The highest BCUT2D eigenvalue weighted by atomic mass is 79.9. The van der Waals surface area contributed by atoms with Crippen LogP contribution in [-0.4, -0.2) is 50.1 Å². The van der Waals surface area contributed by atoms with E-state index in [0.717, 1.165) is 66.7 Å². The van der Waals surface area contributed by atoms with Gasteiger partial charge in [0.2, 0.25) is 0 Å². The Labute approximate surface area is 444 Å². The van der Waals surface area contributed by atoms with Crippen molar-refractivity contribution in [2.45, 2.75) is 131 Å². The molecular weight excluding hydrogens is 1000 g/mol. The highest BCUT2D eigenvalue weighted by Gasteiger charge is 2.61. The van der Waals surface area contributed by atoms with E-state index in [9.17, 15) is 9.59 Å². The maximum Gasteiger partial charge on any atom is 0.272 e. The summed E-state index contributed by atoms with van der Waals surface area (Å²) in [5, 5.41) is 21.9. The highest BCUT2D eigenvalue weighted by molar-refractivity contribution is 9.08. The van der Waals surface area contributed by atoms with Gasteiger partial charge in [0.25, 0.3) is 11.8 Å². The molecule has 2 amide bonds. The number of alkyl halides is 1. The minimum atomic E-state index is -0.0965. The van der Waals surface area contributed by atoms with Crippen LogP contribution in [0.15, 0.2) is 97.1 Å². The van der Waals surface area contributed by atoms with Crippen molar-refractivity contribution < 1.29 is 9.59 Å². The number of amides is 2. The third kappa shape index (κ3) is 10.3. The van der Waals surface area contributed by atoms with Crippen molar-refractivity contribution in [3.63, 3.8) is 0 Å². The van der Waals surface area contributed by atoms with Gasteiger partial charge in [-0.1, -0.05) is 141 Å². The van der Waals surface area contributed by atoms with E-state index in [-0.39, 0.29) is 45.6 Å². The zero-order valence-corrected chi connectivity index (χ0v) is 46.2. The molecule has 13 heteroatoms. The molecule has 4 aliphatic carbocycles. The van der Waals surface area contributed by atoms with Gasteiger partial charge in [-0.15, -0.1) is 0 Å². The standard InChI is InChI=1S/C30H38ClN5O.C29H33BrClN3O/c1-19-13-22(9-10-24(19)31)26-14-25(27(37)34-28-29(2,3)23-11-12-30(28,4)15-23)35-36(26)17-21-7-5-20(6-8-21)16-33-18-32;1-18-13-21(9-10-23(18)31)25-14-24(33-34(25)17-20-7-5-19(16-30)6-8-20)26(35)32-27-28(2,3)22-11-12-29(27,4)15-22/h5-10,13-14,23,28,33H,11-12,15-18,32H2,1-4H3,(H,34,37);5-10,13-14,22,27H,11-12,15-17H2,1-4H3,(H,32,35). The van der Waals surface area contributed by atoms with Gasteiger partial charge in [-0.25, -0.2) is 0 Å². The lowest BCUT2D eigenvalue weighted by atomic mass is 9.68. The molecule has 0 spiro atoms. The van der Waals surface area contributed by atoms with Crippen LogP contribution in [0.1, 0.15) is 134 Å². The lowest BCUT2D eigenvalue weighted by Crippen LogP contribution is -2.52. The molecule has 380 valence electrons. The first kappa shape index (κ1) is 52.1. The Morgan fingerprint density at radius 1 is 0.625 bits per heavy atom. The number of hydrogen-bond acceptors (Lipinski definition) is 6.